The summed E-state index contributed by atoms with van der Waals surface area (Å²) >= 11 is 3.00. The lowest BCUT2D eigenvalue weighted by molar-refractivity contribution is -0.325. The highest BCUT2D eigenvalue weighted by Crippen LogP contribution is 2.39. The van der Waals surface area contributed by atoms with E-state index < -0.39 is 13.5 Å². The summed E-state index contributed by atoms with van der Waals surface area (Å²) in [6.45, 7) is 0. The Bertz CT molecular complexity index is 334. The summed E-state index contributed by atoms with van der Waals surface area (Å²) in [7, 11) is -4.92. The summed E-state index contributed by atoms with van der Waals surface area (Å²) in [5, 5.41) is 0. The number of carbonyl (C=O) groups is 1. The highest BCUT2D eigenvalue weighted by molar-refractivity contribution is 9.10. The molecule has 0 bridgehead atoms. The molecule has 0 saturated carbocycles. The first-order valence-corrected chi connectivity index (χ1v) is 5.63. The minimum Gasteiger partial charge on any atom is -0.653 e. The summed E-state index contributed by atoms with van der Waals surface area (Å²) < 4.78 is 0.338. The number of rotatable bonds is 2. The predicted molar refractivity (Wildman–Crippen MR) is 47.6 cm³/mol. The zero-order chi connectivity index (χ0) is 10.1. The van der Waals surface area contributed by atoms with E-state index in [4.69, 9.17) is 4.89 Å². The van der Waals surface area contributed by atoms with Crippen LogP contribution < -0.4 is 9.79 Å². The second-order valence-corrected chi connectivity index (χ2v) is 4.61. The van der Waals surface area contributed by atoms with Crippen molar-refractivity contribution in [1.82, 2.24) is 0 Å². The summed E-state index contributed by atoms with van der Waals surface area (Å²) in [4.78, 5) is 40.5. The lowest BCUT2D eigenvalue weighted by Crippen LogP contribution is -2.28. The smallest absolute Gasteiger partial charge is 0.317 e. The molecule has 70 valence electrons. The molecule has 0 heterocycles. The molecule has 0 atom stereocenters. The van der Waals surface area contributed by atoms with Crippen LogP contribution in [-0.2, 0) is 0 Å². The highest BCUT2D eigenvalue weighted by atomic mass is 79.9. The van der Waals surface area contributed by atoms with Gasteiger partial charge in [-0.25, -0.2) is 4.79 Å². The summed E-state index contributed by atoms with van der Waals surface area (Å²) in [5.41, 5.74) is -1.34. The van der Waals surface area contributed by atoms with Gasteiger partial charge in [-0.3, -0.25) is 4.89 Å². The molecule has 1 aromatic carbocycles. The molecule has 4 nitrogen and oxygen atoms in total. The van der Waals surface area contributed by atoms with Gasteiger partial charge in [0.1, 0.15) is 7.94 Å². The Kier molecular flexibility index (Phi) is 3.16. The zero-order valence-corrected chi connectivity index (χ0v) is 8.79. The van der Waals surface area contributed by atoms with Crippen LogP contribution in [0.2, 0.25) is 0 Å². The molecule has 0 radical (unpaired) electrons. The quantitative estimate of drug-likeness (QED) is 0.766. The van der Waals surface area contributed by atoms with Gasteiger partial charge >= 0.3 is 5.52 Å². The maximum atomic E-state index is 11.0. The number of hydrogen-bond donors (Lipinski definition) is 1. The molecular weight excluding hydrogens is 259 g/mol. The minimum absolute atomic E-state index is 0.0664. The normalized spacial score (nSPS) is 11.4. The third-order valence-electron chi connectivity index (χ3n) is 1.36. The fourth-order valence-corrected chi connectivity index (χ4v) is 1.90. The SMILES string of the molecule is O=C(c1ccccc1Br)[P+]([O-])([O-])O. The summed E-state index contributed by atoms with van der Waals surface area (Å²) in [5.74, 6) is 0. The van der Waals surface area contributed by atoms with Crippen molar-refractivity contribution in [3.05, 3.63) is 34.3 Å². The van der Waals surface area contributed by atoms with Gasteiger partial charge in [-0.05, 0) is 28.1 Å². The fourth-order valence-electron chi connectivity index (χ4n) is 0.787. The van der Waals surface area contributed by atoms with Crippen molar-refractivity contribution in [3.8, 4) is 0 Å². The molecule has 1 aromatic rings. The van der Waals surface area contributed by atoms with Gasteiger partial charge in [0.15, 0.2) is 0 Å². The maximum Gasteiger partial charge on any atom is 0.317 e. The topological polar surface area (TPSA) is 83.4 Å². The van der Waals surface area contributed by atoms with Gasteiger partial charge in [0, 0.05) is 4.47 Å². The maximum absolute atomic E-state index is 11.0. The van der Waals surface area contributed by atoms with Crippen molar-refractivity contribution in [2.24, 2.45) is 0 Å². The number of carbonyl (C=O) groups excluding carboxylic acids is 1. The van der Waals surface area contributed by atoms with Crippen LogP contribution in [0, 0.1) is 0 Å². The molecule has 13 heavy (non-hydrogen) atoms. The third-order valence-corrected chi connectivity index (χ3v) is 2.81. The summed E-state index contributed by atoms with van der Waals surface area (Å²) in [6.07, 6.45) is 0. The van der Waals surface area contributed by atoms with E-state index in [0.29, 0.717) is 4.47 Å². The molecule has 1 N–H and O–H groups in total. The van der Waals surface area contributed by atoms with Crippen molar-refractivity contribution in [1.29, 1.82) is 0 Å². The standard InChI is InChI=1S/C7H6BrO4P/c8-6-4-2-1-3-5(6)7(9)13(10,11)12/h1-4H,(H2,10,11,12)/p-1. The van der Waals surface area contributed by atoms with Crippen LogP contribution in [0.15, 0.2) is 28.7 Å². The van der Waals surface area contributed by atoms with E-state index in [2.05, 4.69) is 15.9 Å². The lowest BCUT2D eigenvalue weighted by atomic mass is 10.2. The second kappa shape index (κ2) is 3.82. The molecule has 0 spiro atoms. The third kappa shape index (κ3) is 2.56. The van der Waals surface area contributed by atoms with E-state index in [9.17, 15) is 14.6 Å². The van der Waals surface area contributed by atoms with Gasteiger partial charge in [0.2, 0.25) is 0 Å². The first kappa shape index (κ1) is 10.8. The van der Waals surface area contributed by atoms with Gasteiger partial charge in [-0.1, -0.05) is 12.1 Å². The van der Waals surface area contributed by atoms with Crippen LogP contribution in [0.1, 0.15) is 10.4 Å². The molecule has 0 aliphatic rings. The second-order valence-electron chi connectivity index (χ2n) is 2.31. The predicted octanol–water partition coefficient (Wildman–Crippen LogP) is 0.0648. The number of halogens is 1. The Labute approximate surface area is 83.6 Å². The van der Waals surface area contributed by atoms with E-state index in [1.165, 1.54) is 18.2 Å². The average molecular weight is 264 g/mol. The van der Waals surface area contributed by atoms with E-state index in [1.54, 1.807) is 6.07 Å². The molecule has 0 saturated heterocycles. The van der Waals surface area contributed by atoms with Crippen LogP contribution >= 0.6 is 23.9 Å². The van der Waals surface area contributed by atoms with Crippen LogP contribution in [0.3, 0.4) is 0 Å². The molecule has 0 aromatic heterocycles. The van der Waals surface area contributed by atoms with Gasteiger partial charge in [0.25, 0.3) is 0 Å². The van der Waals surface area contributed by atoms with Crippen molar-refractivity contribution in [3.63, 3.8) is 0 Å². The minimum atomic E-state index is -4.92. The van der Waals surface area contributed by atoms with Gasteiger partial charge < -0.3 is 9.79 Å². The Balaban J connectivity index is 3.10. The van der Waals surface area contributed by atoms with E-state index in [1.807, 2.05) is 0 Å². The van der Waals surface area contributed by atoms with E-state index in [-0.39, 0.29) is 5.56 Å². The Morgan fingerprint density at radius 2 is 1.92 bits per heavy atom. The Hall–Kier alpha value is -0.320. The molecule has 6 heteroatoms. The Morgan fingerprint density at radius 3 is 2.38 bits per heavy atom. The van der Waals surface area contributed by atoms with Gasteiger partial charge in [-0.2, -0.15) is 0 Å². The van der Waals surface area contributed by atoms with Crippen LogP contribution in [-0.4, -0.2) is 10.4 Å². The van der Waals surface area contributed by atoms with Crippen LogP contribution in [0.25, 0.3) is 0 Å². The van der Waals surface area contributed by atoms with Crippen molar-refractivity contribution in [2.45, 2.75) is 0 Å². The molecule has 0 fully saturated rings. The van der Waals surface area contributed by atoms with Gasteiger partial charge in [0.05, 0.1) is 5.56 Å². The first-order valence-electron chi connectivity index (χ1n) is 3.26. The van der Waals surface area contributed by atoms with Crippen LogP contribution in [0.5, 0.6) is 0 Å². The average Bonchev–Trinajstić information content (AvgIpc) is 2.02. The zero-order valence-electron chi connectivity index (χ0n) is 6.31. The van der Waals surface area contributed by atoms with Crippen molar-refractivity contribution < 1.29 is 19.5 Å². The van der Waals surface area contributed by atoms with Gasteiger partial charge in [-0.15, -0.1) is 0 Å². The van der Waals surface area contributed by atoms with E-state index in [0.717, 1.165) is 0 Å². The summed E-state index contributed by atoms with van der Waals surface area (Å²) in [6, 6.07) is 5.97. The molecule has 0 aliphatic carbocycles. The molecule has 0 unspecified atom stereocenters. The number of hydrogen-bond acceptors (Lipinski definition) is 4. The van der Waals surface area contributed by atoms with Crippen LogP contribution in [0.4, 0.5) is 0 Å². The van der Waals surface area contributed by atoms with Crippen molar-refractivity contribution in [2.75, 3.05) is 0 Å². The largest absolute Gasteiger partial charge is 0.653 e. The Morgan fingerprint density at radius 1 is 1.38 bits per heavy atom. The molecule has 0 amide bonds. The highest BCUT2D eigenvalue weighted by Gasteiger charge is 2.25. The molecule has 0 aliphatic heterocycles. The fraction of sp³-hybridized carbons (Fsp3) is 0. The lowest BCUT2D eigenvalue weighted by Gasteiger charge is -2.24. The monoisotopic (exact) mass is 263 g/mol. The van der Waals surface area contributed by atoms with E-state index >= 15 is 0 Å². The molecular formula is C7H5BrO4P-. The first-order chi connectivity index (χ1) is 5.93. The molecule has 1 rings (SSSR count). The van der Waals surface area contributed by atoms with Crippen molar-refractivity contribution >= 4 is 29.4 Å². The number of benzene rings is 1.